The first-order valence-electron chi connectivity index (χ1n) is 7.83. The molecule has 25 heavy (non-hydrogen) atoms. The summed E-state index contributed by atoms with van der Waals surface area (Å²) in [5.41, 5.74) is -0.476. The van der Waals surface area contributed by atoms with Crippen LogP contribution in [0.5, 0.6) is 5.75 Å². The van der Waals surface area contributed by atoms with Gasteiger partial charge in [0.25, 0.3) is 0 Å². The first kappa shape index (κ1) is 19.3. The van der Waals surface area contributed by atoms with Crippen LogP contribution in [0.3, 0.4) is 0 Å². The Bertz CT molecular complexity index is 676. The number of hydrogen-bond acceptors (Lipinski definition) is 4. The Balaban J connectivity index is 1.91. The second-order valence-electron chi connectivity index (χ2n) is 6.76. The molecule has 2 rings (SSSR count). The monoisotopic (exact) mass is 357 g/mol. The zero-order chi connectivity index (χ0) is 18.7. The fourth-order valence-electron chi connectivity index (χ4n) is 2.00. The topological polar surface area (TPSA) is 70.2 Å². The molecule has 0 amide bonds. The minimum Gasteiger partial charge on any atom is -0.491 e. The summed E-state index contributed by atoms with van der Waals surface area (Å²) in [6.07, 6.45) is -4.36. The number of aromatic amines is 1. The molecule has 0 spiro atoms. The van der Waals surface area contributed by atoms with Crippen LogP contribution < -0.4 is 10.1 Å². The molecule has 3 N–H and O–H groups in total. The lowest BCUT2D eigenvalue weighted by atomic mass is 10.1. The van der Waals surface area contributed by atoms with Gasteiger partial charge in [-0.1, -0.05) is 0 Å². The lowest BCUT2D eigenvalue weighted by molar-refractivity contribution is -0.140. The van der Waals surface area contributed by atoms with E-state index in [9.17, 15) is 18.3 Å². The number of benzene rings is 1. The number of halogens is 3. The summed E-state index contributed by atoms with van der Waals surface area (Å²) in [7, 11) is 0. The summed E-state index contributed by atoms with van der Waals surface area (Å²) in [6, 6.07) is 6.45. The number of H-pyrrole nitrogens is 1. The van der Waals surface area contributed by atoms with Gasteiger partial charge in [-0.05, 0) is 45.0 Å². The van der Waals surface area contributed by atoms with Crippen LogP contribution in [-0.4, -0.2) is 39.9 Å². The van der Waals surface area contributed by atoms with Crippen molar-refractivity contribution < 1.29 is 23.0 Å². The Labute approximate surface area is 144 Å². The molecule has 0 radical (unpaired) electrons. The molecule has 1 heterocycles. The van der Waals surface area contributed by atoms with Crippen molar-refractivity contribution >= 4 is 0 Å². The van der Waals surface area contributed by atoms with E-state index in [1.165, 1.54) is 0 Å². The summed E-state index contributed by atoms with van der Waals surface area (Å²) in [5.74, 6) is 0.648. The van der Waals surface area contributed by atoms with Crippen molar-refractivity contribution in [2.45, 2.75) is 38.6 Å². The number of β-amino-alcohol motifs (C(OH)–C–C–N with tert-alkyl or cyclic N) is 1. The van der Waals surface area contributed by atoms with Crippen molar-refractivity contribution in [3.05, 3.63) is 36.2 Å². The van der Waals surface area contributed by atoms with Crippen LogP contribution >= 0.6 is 0 Å². The Morgan fingerprint density at radius 2 is 1.84 bits per heavy atom. The van der Waals surface area contributed by atoms with Gasteiger partial charge in [0, 0.05) is 17.6 Å². The van der Waals surface area contributed by atoms with Crippen LogP contribution in [0.1, 0.15) is 26.5 Å². The number of aliphatic hydroxyl groups is 1. The normalized spacial score (nSPS) is 13.7. The van der Waals surface area contributed by atoms with E-state index in [4.69, 9.17) is 4.74 Å². The smallest absolute Gasteiger partial charge is 0.432 e. The maximum Gasteiger partial charge on any atom is 0.432 e. The van der Waals surface area contributed by atoms with Crippen LogP contribution in [0.2, 0.25) is 0 Å². The van der Waals surface area contributed by atoms with Gasteiger partial charge in [-0.2, -0.15) is 13.2 Å². The molecule has 0 aliphatic rings. The van der Waals surface area contributed by atoms with Gasteiger partial charge in [-0.3, -0.25) is 0 Å². The van der Waals surface area contributed by atoms with E-state index in [0.29, 0.717) is 17.9 Å². The van der Waals surface area contributed by atoms with Crippen LogP contribution in [0.4, 0.5) is 13.2 Å². The van der Waals surface area contributed by atoms with E-state index >= 15 is 0 Å². The molecule has 0 fully saturated rings. The molecule has 1 atom stereocenters. The number of ether oxygens (including phenoxy) is 1. The third-order valence-corrected chi connectivity index (χ3v) is 3.32. The quantitative estimate of drug-likeness (QED) is 0.742. The molecular weight excluding hydrogens is 335 g/mol. The summed E-state index contributed by atoms with van der Waals surface area (Å²) >= 11 is 0. The predicted octanol–water partition coefficient (Wildman–Crippen LogP) is 3.22. The summed E-state index contributed by atoms with van der Waals surface area (Å²) in [6.45, 7) is 6.50. The number of hydrogen-bond donors (Lipinski definition) is 3. The Morgan fingerprint density at radius 1 is 1.20 bits per heavy atom. The molecular formula is C17H22F3N3O2. The van der Waals surface area contributed by atoms with E-state index in [2.05, 4.69) is 15.3 Å². The molecule has 0 aliphatic heterocycles. The standard InChI is InChI=1S/C17H22F3N3O2/c1-16(2,3)22-8-12(24)10-25-13-6-4-11(5-7-13)15-21-9-14(23-15)17(18,19)20/h4-7,9,12,22,24H,8,10H2,1-3H3,(H,21,23)/t12-/m1/s1. The van der Waals surface area contributed by atoms with Gasteiger partial charge >= 0.3 is 6.18 Å². The molecule has 1 aromatic carbocycles. The van der Waals surface area contributed by atoms with Crippen LogP contribution in [0.15, 0.2) is 30.5 Å². The third kappa shape index (κ3) is 6.06. The van der Waals surface area contributed by atoms with Gasteiger partial charge in [0.2, 0.25) is 0 Å². The van der Waals surface area contributed by atoms with Gasteiger partial charge in [-0.15, -0.1) is 0 Å². The largest absolute Gasteiger partial charge is 0.491 e. The molecule has 2 aromatic rings. The van der Waals surface area contributed by atoms with E-state index in [1.807, 2.05) is 20.8 Å². The molecule has 1 aromatic heterocycles. The predicted molar refractivity (Wildman–Crippen MR) is 88.3 cm³/mol. The highest BCUT2D eigenvalue weighted by Gasteiger charge is 2.33. The Morgan fingerprint density at radius 3 is 2.36 bits per heavy atom. The second-order valence-corrected chi connectivity index (χ2v) is 6.76. The summed E-state index contributed by atoms with van der Waals surface area (Å²) in [4.78, 5) is 5.98. The highest BCUT2D eigenvalue weighted by molar-refractivity contribution is 5.56. The maximum atomic E-state index is 12.6. The summed E-state index contributed by atoms with van der Waals surface area (Å²) < 4.78 is 43.2. The molecule has 5 nitrogen and oxygen atoms in total. The van der Waals surface area contributed by atoms with Crippen LogP contribution in [0.25, 0.3) is 11.4 Å². The van der Waals surface area contributed by atoms with Crippen LogP contribution in [0, 0.1) is 0 Å². The fraction of sp³-hybridized carbons (Fsp3) is 0.471. The zero-order valence-electron chi connectivity index (χ0n) is 14.3. The van der Waals surface area contributed by atoms with E-state index in [-0.39, 0.29) is 18.0 Å². The Kier molecular flexibility index (Phi) is 5.74. The van der Waals surface area contributed by atoms with Crippen molar-refractivity contribution in [3.63, 3.8) is 0 Å². The van der Waals surface area contributed by atoms with Gasteiger partial charge in [0.15, 0.2) is 0 Å². The number of rotatable bonds is 6. The molecule has 0 unspecified atom stereocenters. The Hall–Kier alpha value is -2.06. The second kappa shape index (κ2) is 7.45. The number of aromatic nitrogens is 2. The average molecular weight is 357 g/mol. The van der Waals surface area contributed by atoms with Crippen molar-refractivity contribution in [1.29, 1.82) is 0 Å². The minimum atomic E-state index is -4.45. The van der Waals surface area contributed by atoms with Gasteiger partial charge < -0.3 is 20.1 Å². The molecule has 0 aliphatic carbocycles. The minimum absolute atomic E-state index is 0.0963. The molecule has 0 saturated carbocycles. The van der Waals surface area contributed by atoms with Crippen molar-refractivity contribution in [2.75, 3.05) is 13.2 Å². The van der Waals surface area contributed by atoms with Crippen LogP contribution in [-0.2, 0) is 6.18 Å². The third-order valence-electron chi connectivity index (χ3n) is 3.32. The number of nitrogens with one attached hydrogen (secondary N) is 2. The number of imidazole rings is 1. The number of aliphatic hydroxyl groups excluding tert-OH is 1. The number of alkyl halides is 3. The molecule has 138 valence electrons. The zero-order valence-corrected chi connectivity index (χ0v) is 14.3. The first-order valence-corrected chi connectivity index (χ1v) is 7.83. The highest BCUT2D eigenvalue weighted by Crippen LogP contribution is 2.29. The molecule has 0 saturated heterocycles. The highest BCUT2D eigenvalue weighted by atomic mass is 19.4. The summed E-state index contributed by atoms with van der Waals surface area (Å²) in [5, 5.41) is 13.0. The number of nitrogens with zero attached hydrogens (tertiary/aromatic N) is 1. The maximum absolute atomic E-state index is 12.6. The molecule has 8 heteroatoms. The van der Waals surface area contributed by atoms with Gasteiger partial charge in [-0.25, -0.2) is 4.98 Å². The fourth-order valence-corrected chi connectivity index (χ4v) is 2.00. The lowest BCUT2D eigenvalue weighted by Crippen LogP contribution is -2.42. The average Bonchev–Trinajstić information content (AvgIpc) is 3.01. The molecule has 0 bridgehead atoms. The van der Waals surface area contributed by atoms with Gasteiger partial charge in [0.1, 0.15) is 30.0 Å². The van der Waals surface area contributed by atoms with Crippen molar-refractivity contribution in [2.24, 2.45) is 0 Å². The van der Waals surface area contributed by atoms with E-state index in [1.54, 1.807) is 24.3 Å². The van der Waals surface area contributed by atoms with E-state index in [0.717, 1.165) is 6.20 Å². The van der Waals surface area contributed by atoms with E-state index < -0.39 is 18.0 Å². The SMILES string of the molecule is CC(C)(C)NC[C@@H](O)COc1ccc(-c2ncc(C(F)(F)F)[nH]2)cc1. The lowest BCUT2D eigenvalue weighted by Gasteiger charge is -2.22. The first-order chi connectivity index (χ1) is 11.5. The van der Waals surface area contributed by atoms with Crippen molar-refractivity contribution in [1.82, 2.24) is 15.3 Å². The van der Waals surface area contributed by atoms with Gasteiger partial charge in [0.05, 0.1) is 6.20 Å². The van der Waals surface area contributed by atoms with Crippen molar-refractivity contribution in [3.8, 4) is 17.1 Å².